The zero-order chi connectivity index (χ0) is 16.5. The molecule has 0 amide bonds. The zero-order valence-corrected chi connectivity index (χ0v) is 15.2. The van der Waals surface area contributed by atoms with Gasteiger partial charge < -0.3 is 9.47 Å². The van der Waals surface area contributed by atoms with Crippen LogP contribution >= 0.6 is 0 Å². The summed E-state index contributed by atoms with van der Waals surface area (Å²) in [4.78, 5) is 13.1. The summed E-state index contributed by atoms with van der Waals surface area (Å²) >= 11 is 0. The quantitative estimate of drug-likeness (QED) is 0.721. The molecule has 4 bridgehead atoms. The summed E-state index contributed by atoms with van der Waals surface area (Å²) in [6, 6.07) is 0. The lowest BCUT2D eigenvalue weighted by atomic mass is 9.74. The maximum absolute atomic E-state index is 13.1. The first-order chi connectivity index (χ1) is 11.6. The van der Waals surface area contributed by atoms with E-state index in [0.717, 1.165) is 37.5 Å². The van der Waals surface area contributed by atoms with Crippen LogP contribution in [0.4, 0.5) is 0 Å². The molecule has 2 heterocycles. The van der Waals surface area contributed by atoms with E-state index in [2.05, 4.69) is 13.8 Å². The van der Waals surface area contributed by atoms with Gasteiger partial charge in [-0.05, 0) is 81.5 Å². The van der Waals surface area contributed by atoms with Gasteiger partial charge in [0.1, 0.15) is 5.60 Å². The molecule has 3 nitrogen and oxygen atoms in total. The average molecular weight is 332 g/mol. The van der Waals surface area contributed by atoms with Crippen molar-refractivity contribution in [2.24, 2.45) is 35.5 Å². The smallest absolute Gasteiger partial charge is 0.309 e. The Morgan fingerprint density at radius 1 is 1.04 bits per heavy atom. The van der Waals surface area contributed by atoms with Crippen molar-refractivity contribution in [3.8, 4) is 0 Å². The summed E-state index contributed by atoms with van der Waals surface area (Å²) < 4.78 is 12.6. The number of rotatable bonds is 3. The number of hydrogen-bond donors (Lipinski definition) is 0. The van der Waals surface area contributed by atoms with Gasteiger partial charge >= 0.3 is 5.97 Å². The standard InChI is InChI=1S/C21H32O3/c1-12-13(2)16-9-14(12)10-17(16)20(22)24-21(7-3-4-8-21)18-11-15-5-6-19(18)23-15/h12-19H,3-11H2,1-2H3. The minimum Gasteiger partial charge on any atom is -0.458 e. The molecule has 3 aliphatic carbocycles. The number of ether oxygens (including phenoxy) is 2. The Bertz CT molecular complexity index is 521. The fraction of sp³-hybridized carbons (Fsp3) is 0.952. The van der Waals surface area contributed by atoms with E-state index in [-0.39, 0.29) is 17.5 Å². The first-order valence-electron chi connectivity index (χ1n) is 10.5. The van der Waals surface area contributed by atoms with E-state index in [1.54, 1.807) is 0 Å². The van der Waals surface area contributed by atoms with Crippen LogP contribution < -0.4 is 0 Å². The minimum atomic E-state index is -0.187. The van der Waals surface area contributed by atoms with Crippen molar-refractivity contribution in [2.75, 3.05) is 0 Å². The van der Waals surface area contributed by atoms with Crippen molar-refractivity contribution in [1.29, 1.82) is 0 Å². The van der Waals surface area contributed by atoms with Gasteiger partial charge in [0, 0.05) is 5.92 Å². The highest BCUT2D eigenvalue weighted by Gasteiger charge is 2.57. The van der Waals surface area contributed by atoms with Crippen LogP contribution in [0.2, 0.25) is 0 Å². The summed E-state index contributed by atoms with van der Waals surface area (Å²) in [5.41, 5.74) is -0.187. The van der Waals surface area contributed by atoms with E-state index >= 15 is 0 Å². The molecule has 8 atom stereocenters. The van der Waals surface area contributed by atoms with Gasteiger partial charge in [0.25, 0.3) is 0 Å². The third kappa shape index (κ3) is 2.15. The van der Waals surface area contributed by atoms with E-state index in [0.29, 0.717) is 30.0 Å². The van der Waals surface area contributed by atoms with E-state index in [1.165, 1.54) is 32.1 Å². The Morgan fingerprint density at radius 3 is 2.42 bits per heavy atom. The average Bonchev–Trinajstić information content (AvgIpc) is 3.36. The maximum atomic E-state index is 13.1. The summed E-state index contributed by atoms with van der Waals surface area (Å²) in [5, 5.41) is 0. The molecule has 3 saturated carbocycles. The van der Waals surface area contributed by atoms with Crippen LogP contribution in [-0.4, -0.2) is 23.8 Å². The van der Waals surface area contributed by atoms with Gasteiger partial charge in [-0.15, -0.1) is 0 Å². The molecule has 5 fully saturated rings. The first kappa shape index (κ1) is 15.7. The van der Waals surface area contributed by atoms with Crippen molar-refractivity contribution in [3.05, 3.63) is 0 Å². The fourth-order valence-corrected chi connectivity index (χ4v) is 7.20. The van der Waals surface area contributed by atoms with Crippen LogP contribution in [0.1, 0.15) is 71.6 Å². The topological polar surface area (TPSA) is 35.5 Å². The Labute approximate surface area is 145 Å². The van der Waals surface area contributed by atoms with E-state index in [1.807, 2.05) is 0 Å². The highest BCUT2D eigenvalue weighted by atomic mass is 16.6. The molecule has 0 N–H and O–H groups in total. The SMILES string of the molecule is CC1C2CC(C(=O)OC3(C4CC5CCC4O5)CCCC3)C(C2)C1C. The molecule has 0 aromatic rings. The molecule has 0 spiro atoms. The number of esters is 1. The van der Waals surface area contributed by atoms with Crippen molar-refractivity contribution >= 4 is 5.97 Å². The Kier molecular flexibility index (Phi) is 3.57. The molecule has 24 heavy (non-hydrogen) atoms. The maximum Gasteiger partial charge on any atom is 0.309 e. The molecule has 0 radical (unpaired) electrons. The number of fused-ring (bicyclic) bond motifs is 4. The summed E-state index contributed by atoms with van der Waals surface area (Å²) in [5.74, 6) is 3.60. The molecule has 3 heteroatoms. The lowest BCUT2D eigenvalue weighted by Crippen LogP contribution is -2.46. The minimum absolute atomic E-state index is 0.144. The van der Waals surface area contributed by atoms with Crippen LogP contribution in [0, 0.1) is 35.5 Å². The van der Waals surface area contributed by atoms with Crippen LogP contribution in [-0.2, 0) is 14.3 Å². The molecule has 0 aromatic heterocycles. The predicted molar refractivity (Wildman–Crippen MR) is 91.3 cm³/mol. The summed E-state index contributed by atoms with van der Waals surface area (Å²) in [6.07, 6.45) is 11.2. The van der Waals surface area contributed by atoms with E-state index in [4.69, 9.17) is 9.47 Å². The van der Waals surface area contributed by atoms with Gasteiger partial charge in [-0.2, -0.15) is 0 Å². The highest BCUT2D eigenvalue weighted by Crippen LogP contribution is 2.57. The van der Waals surface area contributed by atoms with Gasteiger partial charge in [0.05, 0.1) is 18.1 Å². The monoisotopic (exact) mass is 332 g/mol. The van der Waals surface area contributed by atoms with Crippen LogP contribution in [0.25, 0.3) is 0 Å². The summed E-state index contributed by atoms with van der Waals surface area (Å²) in [6.45, 7) is 4.73. The van der Waals surface area contributed by atoms with Gasteiger partial charge in [-0.3, -0.25) is 4.79 Å². The Morgan fingerprint density at radius 2 is 1.83 bits per heavy atom. The second-order valence-corrected chi connectivity index (χ2v) is 9.63. The molecule has 5 rings (SSSR count). The largest absolute Gasteiger partial charge is 0.458 e. The molecular formula is C21H32O3. The number of hydrogen-bond acceptors (Lipinski definition) is 3. The zero-order valence-electron chi connectivity index (χ0n) is 15.2. The third-order valence-electron chi connectivity index (χ3n) is 8.73. The second-order valence-electron chi connectivity index (χ2n) is 9.63. The molecule has 0 aromatic carbocycles. The molecule has 2 aliphatic heterocycles. The highest BCUT2D eigenvalue weighted by molar-refractivity contribution is 5.74. The first-order valence-corrected chi connectivity index (χ1v) is 10.5. The van der Waals surface area contributed by atoms with Crippen molar-refractivity contribution in [1.82, 2.24) is 0 Å². The van der Waals surface area contributed by atoms with E-state index < -0.39 is 0 Å². The number of carbonyl (C=O) groups excluding carboxylic acids is 1. The molecule has 2 saturated heterocycles. The fourth-order valence-electron chi connectivity index (χ4n) is 7.20. The number of carbonyl (C=O) groups is 1. The normalized spacial score (nSPS) is 51.4. The van der Waals surface area contributed by atoms with Gasteiger partial charge in [-0.1, -0.05) is 13.8 Å². The van der Waals surface area contributed by atoms with Crippen LogP contribution in [0.5, 0.6) is 0 Å². The molecular weight excluding hydrogens is 300 g/mol. The van der Waals surface area contributed by atoms with Crippen molar-refractivity contribution in [2.45, 2.75) is 89.4 Å². The third-order valence-corrected chi connectivity index (χ3v) is 8.73. The van der Waals surface area contributed by atoms with Crippen molar-refractivity contribution in [3.63, 3.8) is 0 Å². The van der Waals surface area contributed by atoms with Gasteiger partial charge in [-0.25, -0.2) is 0 Å². The molecule has 134 valence electrons. The summed E-state index contributed by atoms with van der Waals surface area (Å²) in [7, 11) is 0. The van der Waals surface area contributed by atoms with Gasteiger partial charge in [0.15, 0.2) is 0 Å². The molecule has 8 unspecified atom stereocenters. The lowest BCUT2D eigenvalue weighted by molar-refractivity contribution is -0.176. The van der Waals surface area contributed by atoms with Crippen LogP contribution in [0.15, 0.2) is 0 Å². The molecule has 5 aliphatic rings. The lowest BCUT2D eigenvalue weighted by Gasteiger charge is -2.40. The second kappa shape index (κ2) is 5.46. The Balaban J connectivity index is 1.33. The van der Waals surface area contributed by atoms with Crippen LogP contribution in [0.3, 0.4) is 0 Å². The van der Waals surface area contributed by atoms with E-state index in [9.17, 15) is 4.79 Å². The predicted octanol–water partition coefficient (Wildman–Crippen LogP) is 4.34. The van der Waals surface area contributed by atoms with Crippen molar-refractivity contribution < 1.29 is 14.3 Å². The van der Waals surface area contributed by atoms with Gasteiger partial charge in [0.2, 0.25) is 0 Å². The Hall–Kier alpha value is -0.570.